The molecule has 0 spiro atoms. The van der Waals surface area contributed by atoms with Gasteiger partial charge in [0.05, 0.1) is 6.04 Å². The van der Waals surface area contributed by atoms with Crippen molar-refractivity contribution in [2.45, 2.75) is 65.1 Å². The average molecular weight is 306 g/mol. The van der Waals surface area contributed by atoms with Crippen molar-refractivity contribution in [2.24, 2.45) is 5.41 Å². The Kier molecular flexibility index (Phi) is 4.10. The highest BCUT2D eigenvalue weighted by atomic mass is 32.1. The third-order valence-electron chi connectivity index (χ3n) is 4.78. The van der Waals surface area contributed by atoms with Gasteiger partial charge < -0.3 is 4.90 Å². The summed E-state index contributed by atoms with van der Waals surface area (Å²) in [7, 11) is 0. The van der Waals surface area contributed by atoms with Gasteiger partial charge in [-0.15, -0.1) is 11.3 Å². The van der Waals surface area contributed by atoms with E-state index in [2.05, 4.69) is 43.1 Å². The molecule has 1 N–H and O–H groups in total. The van der Waals surface area contributed by atoms with Crippen molar-refractivity contribution in [1.29, 1.82) is 0 Å². The van der Waals surface area contributed by atoms with Gasteiger partial charge in [-0.3, -0.25) is 10.1 Å². The van der Waals surface area contributed by atoms with E-state index in [0.717, 1.165) is 25.8 Å². The molecule has 1 aromatic rings. The molecule has 116 valence electrons. The molecule has 1 aromatic heterocycles. The maximum atomic E-state index is 12.8. The standard InChI is InChI=1S/C17H26N2OS/c1-4-5-6-13-16(20)19(11-17(3)9-10-17)15(18-13)14-8-7-12(2)21-14/h7-8,13,15,18H,4-6,9-11H2,1-3H3. The fraction of sp³-hybridized carbons (Fsp3) is 0.706. The van der Waals surface area contributed by atoms with Gasteiger partial charge >= 0.3 is 0 Å². The molecule has 2 fully saturated rings. The Bertz CT molecular complexity index is 521. The Balaban J connectivity index is 1.79. The van der Waals surface area contributed by atoms with E-state index < -0.39 is 0 Å². The van der Waals surface area contributed by atoms with Crippen LogP contribution in [0.4, 0.5) is 0 Å². The average Bonchev–Trinajstić information content (AvgIpc) is 2.89. The van der Waals surface area contributed by atoms with Gasteiger partial charge in [-0.05, 0) is 43.7 Å². The number of aryl methyl sites for hydroxylation is 1. The largest absolute Gasteiger partial charge is 0.320 e. The van der Waals surface area contributed by atoms with Gasteiger partial charge in [0.2, 0.25) is 5.91 Å². The van der Waals surface area contributed by atoms with Gasteiger partial charge in [0.1, 0.15) is 6.17 Å². The molecule has 2 heterocycles. The van der Waals surface area contributed by atoms with E-state index in [1.807, 2.05) is 0 Å². The first-order valence-electron chi connectivity index (χ1n) is 8.15. The fourth-order valence-electron chi connectivity index (χ4n) is 3.08. The summed E-state index contributed by atoms with van der Waals surface area (Å²) in [4.78, 5) is 17.5. The molecule has 2 aliphatic rings. The molecule has 1 amide bonds. The second-order valence-corrected chi connectivity index (χ2v) is 8.31. The van der Waals surface area contributed by atoms with Crippen LogP contribution in [0.5, 0.6) is 0 Å². The zero-order chi connectivity index (χ0) is 15.0. The molecule has 4 heteroatoms. The topological polar surface area (TPSA) is 32.3 Å². The summed E-state index contributed by atoms with van der Waals surface area (Å²) in [5.41, 5.74) is 0.363. The third kappa shape index (κ3) is 3.16. The van der Waals surface area contributed by atoms with E-state index in [-0.39, 0.29) is 12.2 Å². The van der Waals surface area contributed by atoms with E-state index in [0.29, 0.717) is 11.3 Å². The molecule has 3 nitrogen and oxygen atoms in total. The first kappa shape index (κ1) is 15.0. The van der Waals surface area contributed by atoms with Crippen LogP contribution in [-0.2, 0) is 4.79 Å². The molecule has 1 saturated heterocycles. The second kappa shape index (κ2) is 5.73. The van der Waals surface area contributed by atoms with E-state index >= 15 is 0 Å². The predicted octanol–water partition coefficient (Wildman–Crippen LogP) is 3.85. The van der Waals surface area contributed by atoms with Gasteiger partial charge in [-0.25, -0.2) is 0 Å². The molecular formula is C17H26N2OS. The highest BCUT2D eigenvalue weighted by Gasteiger charge is 2.46. The van der Waals surface area contributed by atoms with Crippen LogP contribution in [0.1, 0.15) is 61.9 Å². The molecular weight excluding hydrogens is 280 g/mol. The first-order chi connectivity index (χ1) is 10.0. The minimum absolute atomic E-state index is 0.0136. The van der Waals surface area contributed by atoms with Crippen molar-refractivity contribution in [3.05, 3.63) is 21.9 Å². The van der Waals surface area contributed by atoms with Crippen LogP contribution in [0.25, 0.3) is 0 Å². The number of carbonyl (C=O) groups is 1. The lowest BCUT2D eigenvalue weighted by Crippen LogP contribution is -2.35. The molecule has 0 radical (unpaired) electrons. The van der Waals surface area contributed by atoms with Gasteiger partial charge in [0.25, 0.3) is 0 Å². The molecule has 2 unspecified atom stereocenters. The zero-order valence-corrected chi connectivity index (χ0v) is 14.1. The van der Waals surface area contributed by atoms with Gasteiger partial charge in [0, 0.05) is 16.3 Å². The lowest BCUT2D eigenvalue weighted by molar-refractivity contribution is -0.131. The number of nitrogens with one attached hydrogen (secondary N) is 1. The van der Waals surface area contributed by atoms with Crippen LogP contribution < -0.4 is 5.32 Å². The zero-order valence-electron chi connectivity index (χ0n) is 13.3. The van der Waals surface area contributed by atoms with Crippen molar-refractivity contribution in [3.63, 3.8) is 0 Å². The van der Waals surface area contributed by atoms with Crippen LogP contribution in [-0.4, -0.2) is 23.4 Å². The number of carbonyl (C=O) groups excluding carboxylic acids is 1. The molecule has 1 aliphatic heterocycles. The van der Waals surface area contributed by atoms with Crippen LogP contribution >= 0.6 is 11.3 Å². The Morgan fingerprint density at radius 3 is 2.76 bits per heavy atom. The SMILES string of the molecule is CCCCC1NC(c2ccc(C)s2)N(CC2(C)CC2)C1=O. The van der Waals surface area contributed by atoms with Gasteiger partial charge in [-0.1, -0.05) is 26.7 Å². The smallest absolute Gasteiger partial charge is 0.241 e. The Labute approximate surface area is 131 Å². The summed E-state index contributed by atoms with van der Waals surface area (Å²) in [6.45, 7) is 7.52. The van der Waals surface area contributed by atoms with Crippen LogP contribution in [0, 0.1) is 12.3 Å². The van der Waals surface area contributed by atoms with Crippen molar-refractivity contribution in [2.75, 3.05) is 6.54 Å². The summed E-state index contributed by atoms with van der Waals surface area (Å²) in [5, 5.41) is 3.59. The molecule has 1 saturated carbocycles. The number of nitrogens with zero attached hydrogens (tertiary/aromatic N) is 1. The Hall–Kier alpha value is -0.870. The highest BCUT2D eigenvalue weighted by Crippen LogP contribution is 2.47. The van der Waals surface area contributed by atoms with E-state index in [9.17, 15) is 4.79 Å². The van der Waals surface area contributed by atoms with E-state index in [1.165, 1.54) is 22.6 Å². The van der Waals surface area contributed by atoms with Crippen molar-refractivity contribution in [1.82, 2.24) is 10.2 Å². The van der Waals surface area contributed by atoms with Gasteiger partial charge in [-0.2, -0.15) is 0 Å². The van der Waals surface area contributed by atoms with Crippen molar-refractivity contribution in [3.8, 4) is 0 Å². The molecule has 3 rings (SSSR count). The molecule has 0 aromatic carbocycles. The quantitative estimate of drug-likeness (QED) is 0.866. The highest BCUT2D eigenvalue weighted by molar-refractivity contribution is 7.12. The lowest BCUT2D eigenvalue weighted by atomic mass is 10.1. The maximum absolute atomic E-state index is 12.8. The maximum Gasteiger partial charge on any atom is 0.241 e. The number of hydrogen-bond acceptors (Lipinski definition) is 3. The number of thiophene rings is 1. The van der Waals surface area contributed by atoms with Crippen LogP contribution in [0.2, 0.25) is 0 Å². The summed E-state index contributed by atoms with van der Waals surface area (Å²) in [5.74, 6) is 0.313. The van der Waals surface area contributed by atoms with Crippen molar-refractivity contribution < 1.29 is 4.79 Å². The van der Waals surface area contributed by atoms with Crippen LogP contribution in [0.15, 0.2) is 12.1 Å². The summed E-state index contributed by atoms with van der Waals surface area (Å²) >= 11 is 1.81. The number of amides is 1. The molecule has 21 heavy (non-hydrogen) atoms. The predicted molar refractivity (Wildman–Crippen MR) is 87.3 cm³/mol. The normalized spacial score (nSPS) is 27.4. The monoisotopic (exact) mass is 306 g/mol. The summed E-state index contributed by atoms with van der Waals surface area (Å²) in [6, 6.07) is 4.34. The molecule has 0 bridgehead atoms. The summed E-state index contributed by atoms with van der Waals surface area (Å²) in [6.07, 6.45) is 5.83. The minimum Gasteiger partial charge on any atom is -0.320 e. The Morgan fingerprint density at radius 2 is 2.19 bits per heavy atom. The number of rotatable bonds is 6. The van der Waals surface area contributed by atoms with E-state index in [1.54, 1.807) is 11.3 Å². The fourth-order valence-corrected chi connectivity index (χ4v) is 4.03. The lowest BCUT2D eigenvalue weighted by Gasteiger charge is -2.26. The molecule has 2 atom stereocenters. The van der Waals surface area contributed by atoms with Crippen molar-refractivity contribution >= 4 is 17.2 Å². The number of unbranched alkanes of at least 4 members (excludes halogenated alkanes) is 1. The van der Waals surface area contributed by atoms with Gasteiger partial charge in [0.15, 0.2) is 0 Å². The van der Waals surface area contributed by atoms with Crippen LogP contribution in [0.3, 0.4) is 0 Å². The van der Waals surface area contributed by atoms with E-state index in [4.69, 9.17) is 0 Å². The summed E-state index contributed by atoms with van der Waals surface area (Å²) < 4.78 is 0. The third-order valence-corrected chi connectivity index (χ3v) is 5.84. The molecule has 1 aliphatic carbocycles. The first-order valence-corrected chi connectivity index (χ1v) is 8.97. The second-order valence-electron chi connectivity index (χ2n) is 6.99. The Morgan fingerprint density at radius 1 is 1.43 bits per heavy atom. The number of hydrogen-bond donors (Lipinski definition) is 1. The minimum atomic E-state index is 0.0136.